The van der Waals surface area contributed by atoms with E-state index in [1.165, 1.54) is 6.07 Å². The van der Waals surface area contributed by atoms with Gasteiger partial charge in [-0.05, 0) is 42.8 Å². The number of aryl methyl sites for hydroxylation is 1. The van der Waals surface area contributed by atoms with Crippen LogP contribution in [0.1, 0.15) is 11.1 Å². The molecule has 0 unspecified atom stereocenters. The number of nitrogens with zero attached hydrogens (tertiary/aromatic N) is 1. The van der Waals surface area contributed by atoms with Crippen LogP contribution in [0.4, 0.5) is 11.4 Å². The molecule has 6 heteroatoms. The highest BCUT2D eigenvalue weighted by Gasteiger charge is 2.10. The molecule has 104 valence electrons. The van der Waals surface area contributed by atoms with Gasteiger partial charge in [0.05, 0.1) is 4.92 Å². The van der Waals surface area contributed by atoms with Crippen LogP contribution >= 0.6 is 23.2 Å². The molecule has 0 aliphatic heterocycles. The van der Waals surface area contributed by atoms with E-state index in [9.17, 15) is 10.1 Å². The Bertz CT molecular complexity index is 660. The third-order valence-corrected chi connectivity index (χ3v) is 3.49. The van der Waals surface area contributed by atoms with Gasteiger partial charge in [0.1, 0.15) is 0 Å². The summed E-state index contributed by atoms with van der Waals surface area (Å²) in [6.07, 6.45) is 0. The summed E-state index contributed by atoms with van der Waals surface area (Å²) in [5.41, 5.74) is 2.38. The first-order valence-corrected chi connectivity index (χ1v) is 6.66. The van der Waals surface area contributed by atoms with Crippen molar-refractivity contribution in [2.75, 3.05) is 5.32 Å². The first-order chi connectivity index (χ1) is 9.47. The maximum Gasteiger partial charge on any atom is 0.272 e. The van der Waals surface area contributed by atoms with Crippen LogP contribution < -0.4 is 5.32 Å². The van der Waals surface area contributed by atoms with Crippen molar-refractivity contribution < 1.29 is 4.92 Å². The zero-order chi connectivity index (χ0) is 14.7. The SMILES string of the molecule is Cc1cc(NCc2cc(Cl)ccc2Cl)ccc1[N+](=O)[O-]. The Morgan fingerprint density at radius 3 is 2.60 bits per heavy atom. The molecule has 0 fully saturated rings. The molecule has 2 aromatic carbocycles. The Kier molecular flexibility index (Phi) is 4.47. The Labute approximate surface area is 126 Å². The second-order valence-electron chi connectivity index (χ2n) is 4.35. The van der Waals surface area contributed by atoms with E-state index < -0.39 is 4.92 Å². The lowest BCUT2D eigenvalue weighted by Crippen LogP contribution is -2.01. The molecule has 0 atom stereocenters. The molecule has 0 saturated heterocycles. The molecule has 4 nitrogen and oxygen atoms in total. The van der Waals surface area contributed by atoms with Crippen LogP contribution in [-0.2, 0) is 6.54 Å². The van der Waals surface area contributed by atoms with Crippen molar-refractivity contribution >= 4 is 34.6 Å². The van der Waals surface area contributed by atoms with Gasteiger partial charge in [0, 0.05) is 33.9 Å². The number of anilines is 1. The lowest BCUT2D eigenvalue weighted by molar-refractivity contribution is -0.385. The zero-order valence-corrected chi connectivity index (χ0v) is 12.2. The fourth-order valence-corrected chi connectivity index (χ4v) is 2.23. The summed E-state index contributed by atoms with van der Waals surface area (Å²) in [7, 11) is 0. The number of nitrogens with one attached hydrogen (secondary N) is 1. The summed E-state index contributed by atoms with van der Waals surface area (Å²) in [6, 6.07) is 10.1. The molecule has 0 aromatic heterocycles. The van der Waals surface area contributed by atoms with Gasteiger partial charge >= 0.3 is 0 Å². The van der Waals surface area contributed by atoms with Gasteiger partial charge in [-0.2, -0.15) is 0 Å². The van der Waals surface area contributed by atoms with E-state index in [0.717, 1.165) is 11.3 Å². The Balaban J connectivity index is 2.13. The molecule has 0 heterocycles. The van der Waals surface area contributed by atoms with Crippen LogP contribution in [0.25, 0.3) is 0 Å². The molecule has 2 aromatic rings. The van der Waals surface area contributed by atoms with E-state index >= 15 is 0 Å². The van der Waals surface area contributed by atoms with Gasteiger partial charge < -0.3 is 5.32 Å². The van der Waals surface area contributed by atoms with E-state index in [-0.39, 0.29) is 5.69 Å². The average molecular weight is 311 g/mol. The van der Waals surface area contributed by atoms with E-state index in [1.54, 1.807) is 37.3 Å². The Hall–Kier alpha value is -1.78. The van der Waals surface area contributed by atoms with Crippen LogP contribution in [0.3, 0.4) is 0 Å². The summed E-state index contributed by atoms with van der Waals surface area (Å²) in [5.74, 6) is 0. The van der Waals surface area contributed by atoms with Crippen molar-refractivity contribution in [3.63, 3.8) is 0 Å². The lowest BCUT2D eigenvalue weighted by atomic mass is 10.1. The van der Waals surface area contributed by atoms with Gasteiger partial charge in [0.2, 0.25) is 0 Å². The van der Waals surface area contributed by atoms with E-state index in [0.29, 0.717) is 22.2 Å². The van der Waals surface area contributed by atoms with Crippen molar-refractivity contribution in [3.8, 4) is 0 Å². The number of nitro groups is 1. The monoisotopic (exact) mass is 310 g/mol. The highest BCUT2D eigenvalue weighted by atomic mass is 35.5. The number of benzene rings is 2. The van der Waals surface area contributed by atoms with Crippen molar-refractivity contribution in [3.05, 3.63) is 67.7 Å². The fraction of sp³-hybridized carbons (Fsp3) is 0.143. The highest BCUT2D eigenvalue weighted by molar-refractivity contribution is 6.33. The van der Waals surface area contributed by atoms with Crippen molar-refractivity contribution in [2.24, 2.45) is 0 Å². The number of rotatable bonds is 4. The quantitative estimate of drug-likeness (QED) is 0.650. The number of nitro benzene ring substituents is 1. The minimum absolute atomic E-state index is 0.108. The van der Waals surface area contributed by atoms with Crippen molar-refractivity contribution in [1.29, 1.82) is 0 Å². The van der Waals surface area contributed by atoms with Crippen LogP contribution in [0.5, 0.6) is 0 Å². The average Bonchev–Trinajstić information content (AvgIpc) is 2.39. The number of halogens is 2. The summed E-state index contributed by atoms with van der Waals surface area (Å²) in [6.45, 7) is 2.20. The molecular formula is C14H12Cl2N2O2. The second-order valence-corrected chi connectivity index (χ2v) is 5.19. The normalized spacial score (nSPS) is 10.3. The molecule has 1 N–H and O–H groups in total. The summed E-state index contributed by atoms with van der Waals surface area (Å²) in [5, 5.41) is 15.2. The molecule has 0 spiro atoms. The van der Waals surface area contributed by atoms with Gasteiger partial charge in [-0.1, -0.05) is 23.2 Å². The Morgan fingerprint density at radius 2 is 1.95 bits per heavy atom. The van der Waals surface area contributed by atoms with Crippen LogP contribution in [0.2, 0.25) is 10.0 Å². The van der Waals surface area contributed by atoms with Crippen LogP contribution in [0, 0.1) is 17.0 Å². The van der Waals surface area contributed by atoms with Gasteiger partial charge in [0.15, 0.2) is 0 Å². The molecule has 20 heavy (non-hydrogen) atoms. The maximum absolute atomic E-state index is 10.7. The summed E-state index contributed by atoms with van der Waals surface area (Å²) >= 11 is 12.0. The minimum Gasteiger partial charge on any atom is -0.381 e. The van der Waals surface area contributed by atoms with E-state index in [4.69, 9.17) is 23.2 Å². The molecule has 0 saturated carbocycles. The smallest absolute Gasteiger partial charge is 0.272 e. The Morgan fingerprint density at radius 1 is 1.20 bits per heavy atom. The third kappa shape index (κ3) is 3.40. The van der Waals surface area contributed by atoms with Crippen LogP contribution in [0.15, 0.2) is 36.4 Å². The van der Waals surface area contributed by atoms with Crippen molar-refractivity contribution in [1.82, 2.24) is 0 Å². The fourth-order valence-electron chi connectivity index (χ4n) is 1.85. The minimum atomic E-state index is -0.396. The highest BCUT2D eigenvalue weighted by Crippen LogP contribution is 2.24. The number of hydrogen-bond donors (Lipinski definition) is 1. The molecule has 0 aliphatic rings. The summed E-state index contributed by atoms with van der Waals surface area (Å²) in [4.78, 5) is 10.4. The molecular weight excluding hydrogens is 299 g/mol. The first-order valence-electron chi connectivity index (χ1n) is 5.90. The van der Waals surface area contributed by atoms with Gasteiger partial charge in [-0.25, -0.2) is 0 Å². The molecule has 0 radical (unpaired) electrons. The maximum atomic E-state index is 10.7. The molecule has 0 aliphatic carbocycles. The van der Waals surface area contributed by atoms with Gasteiger partial charge in [-0.3, -0.25) is 10.1 Å². The molecule has 0 amide bonds. The number of hydrogen-bond acceptors (Lipinski definition) is 3. The van der Waals surface area contributed by atoms with Gasteiger partial charge in [-0.15, -0.1) is 0 Å². The summed E-state index contributed by atoms with van der Waals surface area (Å²) < 4.78 is 0. The van der Waals surface area contributed by atoms with Gasteiger partial charge in [0.25, 0.3) is 5.69 Å². The zero-order valence-electron chi connectivity index (χ0n) is 10.7. The van der Waals surface area contributed by atoms with E-state index in [1.807, 2.05) is 0 Å². The first kappa shape index (κ1) is 14.6. The second kappa shape index (κ2) is 6.11. The predicted molar refractivity (Wildman–Crippen MR) is 81.6 cm³/mol. The topological polar surface area (TPSA) is 55.2 Å². The molecule has 0 bridgehead atoms. The lowest BCUT2D eigenvalue weighted by Gasteiger charge is -2.09. The van der Waals surface area contributed by atoms with Crippen molar-refractivity contribution in [2.45, 2.75) is 13.5 Å². The predicted octanol–water partition coefficient (Wildman–Crippen LogP) is 4.82. The van der Waals surface area contributed by atoms with E-state index in [2.05, 4.69) is 5.32 Å². The third-order valence-electron chi connectivity index (χ3n) is 2.88. The molecule has 2 rings (SSSR count). The van der Waals surface area contributed by atoms with Crippen LogP contribution in [-0.4, -0.2) is 4.92 Å². The standard InChI is InChI=1S/C14H12Cl2N2O2/c1-9-6-12(3-5-14(9)18(19)20)17-8-10-7-11(15)2-4-13(10)16/h2-7,17H,8H2,1H3. The largest absolute Gasteiger partial charge is 0.381 e.